The van der Waals surface area contributed by atoms with E-state index in [2.05, 4.69) is 11.9 Å². The van der Waals surface area contributed by atoms with Crippen molar-refractivity contribution in [2.75, 3.05) is 19.8 Å². The van der Waals surface area contributed by atoms with Crippen LogP contribution in [0.1, 0.15) is 15.9 Å². The molecule has 0 atom stereocenters. The molecule has 0 aromatic heterocycles. The molecular formula is C14H17NO5. The van der Waals surface area contributed by atoms with Crippen molar-refractivity contribution in [3.05, 3.63) is 42.0 Å². The number of carbonyl (C=O) groups is 2. The Hall–Kier alpha value is -2.50. The fraction of sp³-hybridized carbons (Fsp3) is 0.286. The summed E-state index contributed by atoms with van der Waals surface area (Å²) in [5.41, 5.74) is 0.858. The van der Waals surface area contributed by atoms with Gasteiger partial charge in [-0.05, 0) is 24.6 Å². The minimum atomic E-state index is -1.00. The Morgan fingerprint density at radius 2 is 2.20 bits per heavy atom. The van der Waals surface area contributed by atoms with Gasteiger partial charge in [-0.3, -0.25) is 0 Å². The second-order valence-corrected chi connectivity index (χ2v) is 3.94. The molecule has 6 nitrogen and oxygen atoms in total. The van der Waals surface area contributed by atoms with E-state index < -0.39 is 12.1 Å². The highest BCUT2D eigenvalue weighted by atomic mass is 16.5. The molecular weight excluding hydrogens is 262 g/mol. The highest BCUT2D eigenvalue weighted by Crippen LogP contribution is 2.17. The van der Waals surface area contributed by atoms with Gasteiger partial charge in [0.1, 0.15) is 19.0 Å². The second kappa shape index (κ2) is 7.83. The van der Waals surface area contributed by atoms with Crippen molar-refractivity contribution in [2.45, 2.75) is 6.92 Å². The van der Waals surface area contributed by atoms with E-state index >= 15 is 0 Å². The molecule has 0 radical (unpaired) electrons. The van der Waals surface area contributed by atoms with Gasteiger partial charge in [-0.1, -0.05) is 18.7 Å². The maximum absolute atomic E-state index is 11.1. The van der Waals surface area contributed by atoms with Gasteiger partial charge < -0.3 is 19.9 Å². The summed E-state index contributed by atoms with van der Waals surface area (Å²) in [6, 6.07) is 4.80. The van der Waals surface area contributed by atoms with Gasteiger partial charge in [0.05, 0.1) is 12.1 Å². The highest BCUT2D eigenvalue weighted by molar-refractivity contribution is 5.89. The standard InChI is InChI=1S/C14H17NO5/c1-3-7-20-14(18)15-6-8-19-11-5-4-10(2)12(9-11)13(16)17/h3-5,9H,1,6-8H2,2H3,(H,15,18)(H,16,17). The number of hydrogen-bond donors (Lipinski definition) is 2. The molecule has 0 saturated heterocycles. The Kier molecular flexibility index (Phi) is 6.09. The van der Waals surface area contributed by atoms with Gasteiger partial charge in [0.15, 0.2) is 0 Å². The number of amides is 1. The van der Waals surface area contributed by atoms with Crippen LogP contribution in [-0.2, 0) is 4.74 Å². The van der Waals surface area contributed by atoms with Crippen molar-refractivity contribution >= 4 is 12.1 Å². The lowest BCUT2D eigenvalue weighted by Crippen LogP contribution is -2.28. The lowest BCUT2D eigenvalue weighted by Gasteiger charge is -2.09. The van der Waals surface area contributed by atoms with Crippen molar-refractivity contribution in [3.63, 3.8) is 0 Å². The van der Waals surface area contributed by atoms with Crippen molar-refractivity contribution in [3.8, 4) is 5.75 Å². The van der Waals surface area contributed by atoms with E-state index in [1.165, 1.54) is 12.1 Å². The molecule has 0 bridgehead atoms. The number of benzene rings is 1. The zero-order chi connectivity index (χ0) is 15.0. The lowest BCUT2D eigenvalue weighted by atomic mass is 10.1. The third-order valence-corrected chi connectivity index (χ3v) is 2.41. The van der Waals surface area contributed by atoms with E-state index in [1.807, 2.05) is 0 Å². The summed E-state index contributed by atoms with van der Waals surface area (Å²) >= 11 is 0. The molecule has 0 aliphatic heterocycles. The molecule has 0 unspecified atom stereocenters. The quantitative estimate of drug-likeness (QED) is 0.589. The number of aryl methyl sites for hydroxylation is 1. The highest BCUT2D eigenvalue weighted by Gasteiger charge is 2.08. The molecule has 1 aromatic rings. The van der Waals surface area contributed by atoms with Gasteiger partial charge in [-0.15, -0.1) is 0 Å². The third-order valence-electron chi connectivity index (χ3n) is 2.41. The Morgan fingerprint density at radius 3 is 2.85 bits per heavy atom. The van der Waals surface area contributed by atoms with Crippen LogP contribution in [0.2, 0.25) is 0 Å². The zero-order valence-corrected chi connectivity index (χ0v) is 11.2. The molecule has 20 heavy (non-hydrogen) atoms. The van der Waals surface area contributed by atoms with Gasteiger partial charge in [0.25, 0.3) is 0 Å². The van der Waals surface area contributed by atoms with Crippen LogP contribution in [0.4, 0.5) is 4.79 Å². The van der Waals surface area contributed by atoms with Crippen LogP contribution in [0, 0.1) is 6.92 Å². The summed E-state index contributed by atoms with van der Waals surface area (Å²) in [6.45, 7) is 5.75. The van der Waals surface area contributed by atoms with Gasteiger partial charge in [-0.2, -0.15) is 0 Å². The number of alkyl carbamates (subject to hydrolysis) is 1. The molecule has 0 fully saturated rings. The zero-order valence-electron chi connectivity index (χ0n) is 11.2. The molecule has 0 saturated carbocycles. The Morgan fingerprint density at radius 1 is 1.45 bits per heavy atom. The monoisotopic (exact) mass is 279 g/mol. The lowest BCUT2D eigenvalue weighted by molar-refractivity contribution is 0.0695. The summed E-state index contributed by atoms with van der Waals surface area (Å²) in [4.78, 5) is 22.0. The first kappa shape index (κ1) is 15.6. The van der Waals surface area contributed by atoms with Gasteiger partial charge in [-0.25, -0.2) is 9.59 Å². The van der Waals surface area contributed by atoms with Crippen LogP contribution in [0.15, 0.2) is 30.9 Å². The number of carbonyl (C=O) groups excluding carboxylic acids is 1. The maximum atomic E-state index is 11.1. The molecule has 1 aromatic carbocycles. The van der Waals surface area contributed by atoms with Crippen molar-refractivity contribution < 1.29 is 24.2 Å². The van der Waals surface area contributed by atoms with Crippen LogP contribution in [-0.4, -0.2) is 36.9 Å². The van der Waals surface area contributed by atoms with Crippen LogP contribution in [0.5, 0.6) is 5.75 Å². The number of carboxylic acid groups (broad SMARTS) is 1. The molecule has 0 heterocycles. The molecule has 0 aliphatic carbocycles. The first-order valence-corrected chi connectivity index (χ1v) is 6.03. The number of rotatable bonds is 7. The molecule has 6 heteroatoms. The van der Waals surface area contributed by atoms with Crippen molar-refractivity contribution in [1.82, 2.24) is 5.32 Å². The minimum Gasteiger partial charge on any atom is -0.492 e. The number of ether oxygens (including phenoxy) is 2. The minimum absolute atomic E-state index is 0.145. The van der Waals surface area contributed by atoms with E-state index in [4.69, 9.17) is 14.6 Å². The number of nitrogens with one attached hydrogen (secondary N) is 1. The Labute approximate surface area is 117 Å². The maximum Gasteiger partial charge on any atom is 0.407 e. The van der Waals surface area contributed by atoms with Crippen LogP contribution >= 0.6 is 0 Å². The van der Waals surface area contributed by atoms with Gasteiger partial charge in [0.2, 0.25) is 0 Å². The largest absolute Gasteiger partial charge is 0.492 e. The molecule has 1 rings (SSSR count). The predicted octanol–water partition coefficient (Wildman–Crippen LogP) is 1.98. The summed E-state index contributed by atoms with van der Waals surface area (Å²) in [5.74, 6) is -0.562. The van der Waals surface area contributed by atoms with E-state index in [1.54, 1.807) is 19.1 Å². The average molecular weight is 279 g/mol. The third kappa shape index (κ3) is 5.01. The van der Waals surface area contributed by atoms with E-state index in [9.17, 15) is 9.59 Å². The number of aromatic carboxylic acids is 1. The smallest absolute Gasteiger partial charge is 0.407 e. The van der Waals surface area contributed by atoms with Crippen LogP contribution in [0.3, 0.4) is 0 Å². The summed E-state index contributed by atoms with van der Waals surface area (Å²) in [7, 11) is 0. The Bertz CT molecular complexity index is 498. The molecule has 0 spiro atoms. The average Bonchev–Trinajstić information content (AvgIpc) is 2.42. The number of hydrogen-bond acceptors (Lipinski definition) is 4. The van der Waals surface area contributed by atoms with E-state index in [0.717, 1.165) is 0 Å². The summed E-state index contributed by atoms with van der Waals surface area (Å²) < 4.78 is 10.1. The molecule has 2 N–H and O–H groups in total. The van der Waals surface area contributed by atoms with Gasteiger partial charge in [0, 0.05) is 0 Å². The van der Waals surface area contributed by atoms with Crippen LogP contribution in [0.25, 0.3) is 0 Å². The van der Waals surface area contributed by atoms with Crippen molar-refractivity contribution in [1.29, 1.82) is 0 Å². The first-order valence-electron chi connectivity index (χ1n) is 6.03. The topological polar surface area (TPSA) is 84.9 Å². The first-order chi connectivity index (χ1) is 9.54. The molecule has 1 amide bonds. The summed E-state index contributed by atoms with van der Waals surface area (Å²) in [6.07, 6.45) is 0.916. The van der Waals surface area contributed by atoms with E-state index in [-0.39, 0.29) is 25.3 Å². The fourth-order valence-corrected chi connectivity index (χ4v) is 1.43. The SMILES string of the molecule is C=CCOC(=O)NCCOc1ccc(C)c(C(=O)O)c1. The number of carboxylic acids is 1. The molecule has 0 aliphatic rings. The second-order valence-electron chi connectivity index (χ2n) is 3.94. The molecule has 108 valence electrons. The summed E-state index contributed by atoms with van der Waals surface area (Å²) in [5, 5.41) is 11.5. The van der Waals surface area contributed by atoms with Gasteiger partial charge >= 0.3 is 12.1 Å². The predicted molar refractivity (Wildman–Crippen MR) is 73.2 cm³/mol. The normalized spacial score (nSPS) is 9.65. The van der Waals surface area contributed by atoms with Crippen LogP contribution < -0.4 is 10.1 Å². The Balaban J connectivity index is 2.39. The van der Waals surface area contributed by atoms with E-state index in [0.29, 0.717) is 11.3 Å². The fourth-order valence-electron chi connectivity index (χ4n) is 1.43. The van der Waals surface area contributed by atoms with Crippen molar-refractivity contribution in [2.24, 2.45) is 0 Å².